The van der Waals surface area contributed by atoms with Gasteiger partial charge in [0.2, 0.25) is 14.2 Å². The van der Waals surface area contributed by atoms with Gasteiger partial charge in [0, 0.05) is 23.8 Å². The molecule has 0 N–H and O–H groups in total. The standard InChI is InChI=1S/C7H9NO3S2/c1-5(9)3-6-4-8-7(12-6)13(2,10)11/h4H,3H2,1-2H3. The molecule has 0 bridgehead atoms. The summed E-state index contributed by atoms with van der Waals surface area (Å²) in [5.41, 5.74) is 0. The van der Waals surface area contributed by atoms with Crippen molar-refractivity contribution in [2.45, 2.75) is 17.7 Å². The second-order valence-corrected chi connectivity index (χ2v) is 6.05. The van der Waals surface area contributed by atoms with Gasteiger partial charge in [-0.05, 0) is 6.92 Å². The maximum Gasteiger partial charge on any atom is 0.209 e. The Kier molecular flexibility index (Phi) is 2.82. The van der Waals surface area contributed by atoms with E-state index >= 15 is 0 Å². The van der Waals surface area contributed by atoms with E-state index in [2.05, 4.69) is 4.98 Å². The monoisotopic (exact) mass is 219 g/mol. The molecule has 0 atom stereocenters. The maximum atomic E-state index is 11.0. The Hall–Kier alpha value is -0.750. The van der Waals surface area contributed by atoms with Gasteiger partial charge in [-0.3, -0.25) is 4.79 Å². The molecular formula is C7H9NO3S2. The third-order valence-corrected chi connectivity index (χ3v) is 3.96. The summed E-state index contributed by atoms with van der Waals surface area (Å²) in [7, 11) is -3.22. The van der Waals surface area contributed by atoms with Gasteiger partial charge in [0.1, 0.15) is 5.78 Å². The SMILES string of the molecule is CC(=O)Cc1cnc(S(C)(=O)=O)s1. The highest BCUT2D eigenvalue weighted by Gasteiger charge is 2.12. The second kappa shape index (κ2) is 3.55. The number of carbonyl (C=O) groups excluding carboxylic acids is 1. The third kappa shape index (κ3) is 2.89. The van der Waals surface area contributed by atoms with Crippen LogP contribution in [-0.2, 0) is 21.1 Å². The summed E-state index contributed by atoms with van der Waals surface area (Å²) in [5, 5.41) is 0. The van der Waals surface area contributed by atoms with Crippen molar-refractivity contribution in [1.82, 2.24) is 4.98 Å². The van der Waals surface area contributed by atoms with E-state index in [1.54, 1.807) is 0 Å². The first-order valence-electron chi connectivity index (χ1n) is 3.54. The normalized spacial score (nSPS) is 11.5. The van der Waals surface area contributed by atoms with Gasteiger partial charge in [-0.25, -0.2) is 13.4 Å². The van der Waals surface area contributed by atoms with E-state index in [0.29, 0.717) is 4.88 Å². The van der Waals surface area contributed by atoms with Crippen LogP contribution < -0.4 is 0 Å². The van der Waals surface area contributed by atoms with E-state index in [4.69, 9.17) is 0 Å². The van der Waals surface area contributed by atoms with Crippen LogP contribution in [0.4, 0.5) is 0 Å². The van der Waals surface area contributed by atoms with Crippen LogP contribution in [0.1, 0.15) is 11.8 Å². The van der Waals surface area contributed by atoms with E-state index in [1.165, 1.54) is 13.1 Å². The first-order chi connectivity index (χ1) is 5.89. The number of hydrogen-bond donors (Lipinski definition) is 0. The van der Waals surface area contributed by atoms with Crippen molar-refractivity contribution in [2.24, 2.45) is 0 Å². The molecule has 0 radical (unpaired) electrons. The minimum absolute atomic E-state index is 0.00343. The summed E-state index contributed by atoms with van der Waals surface area (Å²) in [6, 6.07) is 0. The van der Waals surface area contributed by atoms with Gasteiger partial charge >= 0.3 is 0 Å². The van der Waals surface area contributed by atoms with Crippen molar-refractivity contribution in [2.75, 3.05) is 6.26 Å². The number of hydrogen-bond acceptors (Lipinski definition) is 5. The first kappa shape index (κ1) is 10.3. The molecule has 4 nitrogen and oxygen atoms in total. The third-order valence-electron chi connectivity index (χ3n) is 1.27. The van der Waals surface area contributed by atoms with E-state index < -0.39 is 9.84 Å². The molecule has 0 spiro atoms. The largest absolute Gasteiger partial charge is 0.300 e. The smallest absolute Gasteiger partial charge is 0.209 e. The summed E-state index contributed by atoms with van der Waals surface area (Å²) in [5.74, 6) is 0.00343. The predicted octanol–water partition coefficient (Wildman–Crippen LogP) is 0.678. The second-order valence-electron chi connectivity index (χ2n) is 2.74. The van der Waals surface area contributed by atoms with Crippen molar-refractivity contribution in [3.05, 3.63) is 11.1 Å². The zero-order chi connectivity index (χ0) is 10.1. The Morgan fingerprint density at radius 1 is 1.62 bits per heavy atom. The molecule has 0 aliphatic carbocycles. The van der Waals surface area contributed by atoms with Gasteiger partial charge in [0.15, 0.2) is 0 Å². The van der Waals surface area contributed by atoms with Crippen molar-refractivity contribution in [3.63, 3.8) is 0 Å². The molecule has 0 saturated heterocycles. The molecule has 1 aromatic rings. The van der Waals surface area contributed by atoms with Crippen molar-refractivity contribution in [1.29, 1.82) is 0 Å². The molecule has 0 aliphatic heterocycles. The number of Topliss-reactive ketones (excluding diaryl/α,β-unsaturated/α-hetero) is 1. The first-order valence-corrected chi connectivity index (χ1v) is 6.24. The molecule has 0 saturated carbocycles. The number of ketones is 1. The molecule has 1 heterocycles. The van der Waals surface area contributed by atoms with Crippen LogP contribution in [0, 0.1) is 0 Å². The molecule has 6 heteroatoms. The lowest BCUT2D eigenvalue weighted by Crippen LogP contribution is -1.94. The summed E-state index contributed by atoms with van der Waals surface area (Å²) in [4.78, 5) is 15.1. The van der Waals surface area contributed by atoms with Crippen LogP contribution >= 0.6 is 11.3 Å². The van der Waals surface area contributed by atoms with Crippen LogP contribution in [-0.4, -0.2) is 25.4 Å². The van der Waals surface area contributed by atoms with Gasteiger partial charge in [0.05, 0.1) is 0 Å². The molecule has 0 fully saturated rings. The highest BCUT2D eigenvalue weighted by molar-refractivity contribution is 7.92. The van der Waals surface area contributed by atoms with Crippen LogP contribution in [0.3, 0.4) is 0 Å². The van der Waals surface area contributed by atoms with E-state index in [1.807, 2.05) is 0 Å². The average molecular weight is 219 g/mol. The van der Waals surface area contributed by atoms with Gasteiger partial charge < -0.3 is 0 Å². The van der Waals surface area contributed by atoms with Gasteiger partial charge in [-0.2, -0.15) is 0 Å². The fourth-order valence-electron chi connectivity index (χ4n) is 0.788. The van der Waals surface area contributed by atoms with E-state index in [-0.39, 0.29) is 16.5 Å². The van der Waals surface area contributed by atoms with Crippen LogP contribution in [0.25, 0.3) is 0 Å². The van der Waals surface area contributed by atoms with E-state index in [9.17, 15) is 13.2 Å². The summed E-state index contributed by atoms with van der Waals surface area (Å²) < 4.78 is 22.1. The molecule has 0 aliphatic rings. The number of aromatic nitrogens is 1. The van der Waals surface area contributed by atoms with Crippen LogP contribution in [0.5, 0.6) is 0 Å². The summed E-state index contributed by atoms with van der Waals surface area (Å²) in [6.45, 7) is 1.46. The lowest BCUT2D eigenvalue weighted by molar-refractivity contribution is -0.116. The highest BCUT2D eigenvalue weighted by atomic mass is 32.2. The number of rotatable bonds is 3. The lowest BCUT2D eigenvalue weighted by atomic mass is 10.3. The summed E-state index contributed by atoms with van der Waals surface area (Å²) in [6.07, 6.45) is 2.79. The maximum absolute atomic E-state index is 11.0. The topological polar surface area (TPSA) is 64.1 Å². The van der Waals surface area contributed by atoms with Crippen molar-refractivity contribution in [3.8, 4) is 0 Å². The fourth-order valence-corrected chi connectivity index (χ4v) is 2.67. The average Bonchev–Trinajstić information content (AvgIpc) is 2.32. The highest BCUT2D eigenvalue weighted by Crippen LogP contribution is 2.18. The minimum atomic E-state index is -3.22. The van der Waals surface area contributed by atoms with E-state index in [0.717, 1.165) is 17.6 Å². The van der Waals surface area contributed by atoms with Gasteiger partial charge in [-0.15, -0.1) is 11.3 Å². The molecule has 0 amide bonds. The van der Waals surface area contributed by atoms with Gasteiger partial charge in [-0.1, -0.05) is 0 Å². The Morgan fingerprint density at radius 3 is 2.62 bits per heavy atom. The van der Waals surface area contributed by atoms with Crippen molar-refractivity contribution < 1.29 is 13.2 Å². The predicted molar refractivity (Wildman–Crippen MR) is 49.6 cm³/mol. The molecule has 0 unspecified atom stereocenters. The zero-order valence-electron chi connectivity index (χ0n) is 7.27. The minimum Gasteiger partial charge on any atom is -0.300 e. The number of nitrogens with zero attached hydrogens (tertiary/aromatic N) is 1. The molecule has 1 rings (SSSR count). The lowest BCUT2D eigenvalue weighted by Gasteiger charge is -1.88. The molecule has 0 aromatic carbocycles. The van der Waals surface area contributed by atoms with Crippen LogP contribution in [0.15, 0.2) is 10.5 Å². The zero-order valence-corrected chi connectivity index (χ0v) is 8.91. The Bertz CT molecular complexity index is 419. The quantitative estimate of drug-likeness (QED) is 0.749. The molecule has 1 aromatic heterocycles. The fraction of sp³-hybridized carbons (Fsp3) is 0.429. The molecule has 72 valence electrons. The Morgan fingerprint density at radius 2 is 2.23 bits per heavy atom. The molecule has 13 heavy (non-hydrogen) atoms. The van der Waals surface area contributed by atoms with Crippen LogP contribution in [0.2, 0.25) is 0 Å². The summed E-state index contributed by atoms with van der Waals surface area (Å²) >= 11 is 1.05. The Labute approximate surface area is 80.5 Å². The van der Waals surface area contributed by atoms with Gasteiger partial charge in [0.25, 0.3) is 0 Å². The Balaban J connectivity index is 2.94. The van der Waals surface area contributed by atoms with Crippen molar-refractivity contribution >= 4 is 27.0 Å². The number of thiazole rings is 1. The number of carbonyl (C=O) groups is 1. The number of sulfone groups is 1. The molecular weight excluding hydrogens is 210 g/mol.